The van der Waals surface area contributed by atoms with Crippen LogP contribution < -0.4 is 4.72 Å². The zero-order valence-electron chi connectivity index (χ0n) is 13.0. The first-order valence-electron chi connectivity index (χ1n) is 7.19. The summed E-state index contributed by atoms with van der Waals surface area (Å²) in [4.78, 5) is 4.17. The summed E-state index contributed by atoms with van der Waals surface area (Å²) in [5.41, 5.74) is 1.05. The molecule has 0 saturated heterocycles. The Hall–Kier alpha value is -2.10. The second-order valence-corrected chi connectivity index (χ2v) is 7.91. The Morgan fingerprint density at radius 3 is 2.76 bits per heavy atom. The van der Waals surface area contributed by atoms with E-state index in [-0.39, 0.29) is 17.3 Å². The highest BCUT2D eigenvalue weighted by Crippen LogP contribution is 2.21. The van der Waals surface area contributed by atoms with Crippen molar-refractivity contribution in [2.24, 2.45) is 0 Å². The second kappa shape index (κ2) is 7.03. The van der Waals surface area contributed by atoms with Gasteiger partial charge < -0.3 is 4.52 Å². The molecule has 0 fully saturated rings. The van der Waals surface area contributed by atoms with Gasteiger partial charge in [-0.2, -0.15) is 4.98 Å². The van der Waals surface area contributed by atoms with Crippen molar-refractivity contribution in [3.8, 4) is 11.4 Å². The number of hydrogen-bond donors (Lipinski definition) is 1. The highest BCUT2D eigenvalue weighted by Gasteiger charge is 2.18. The topological polar surface area (TPSA) is 85.1 Å². The second-order valence-electron chi connectivity index (χ2n) is 5.26. The third-order valence-corrected chi connectivity index (χ3v) is 5.45. The van der Waals surface area contributed by atoms with Crippen molar-refractivity contribution >= 4 is 26.0 Å². The van der Waals surface area contributed by atoms with Gasteiger partial charge in [0.15, 0.2) is 0 Å². The van der Waals surface area contributed by atoms with Gasteiger partial charge in [-0.3, -0.25) is 0 Å². The summed E-state index contributed by atoms with van der Waals surface area (Å²) in [6, 6.07) is 10.8. The Morgan fingerprint density at radius 1 is 1.24 bits per heavy atom. The van der Waals surface area contributed by atoms with Gasteiger partial charge in [0.05, 0.1) is 11.4 Å². The zero-order chi connectivity index (χ0) is 18.0. The molecule has 2 aromatic carbocycles. The fraction of sp³-hybridized carbons (Fsp3) is 0.125. The summed E-state index contributed by atoms with van der Waals surface area (Å²) in [6.07, 6.45) is 0. The molecular formula is C16H13BrFN3O3S. The Balaban J connectivity index is 1.75. The molecule has 1 N–H and O–H groups in total. The minimum atomic E-state index is -3.82. The summed E-state index contributed by atoms with van der Waals surface area (Å²) < 4.78 is 46.1. The molecule has 1 heterocycles. The molecule has 130 valence electrons. The molecule has 0 bridgehead atoms. The lowest BCUT2D eigenvalue weighted by atomic mass is 10.2. The lowest BCUT2D eigenvalue weighted by Crippen LogP contribution is -2.24. The Morgan fingerprint density at radius 2 is 2.04 bits per heavy atom. The zero-order valence-corrected chi connectivity index (χ0v) is 15.4. The first-order valence-corrected chi connectivity index (χ1v) is 9.47. The molecule has 1 aromatic heterocycles. The van der Waals surface area contributed by atoms with Gasteiger partial charge in [-0.05, 0) is 42.8 Å². The van der Waals surface area contributed by atoms with Crippen LogP contribution in [-0.4, -0.2) is 18.6 Å². The minimum Gasteiger partial charge on any atom is -0.338 e. The molecule has 0 unspecified atom stereocenters. The van der Waals surface area contributed by atoms with Gasteiger partial charge in [0.2, 0.25) is 21.7 Å². The van der Waals surface area contributed by atoms with E-state index in [0.717, 1.165) is 22.2 Å². The highest BCUT2D eigenvalue weighted by molar-refractivity contribution is 9.10. The van der Waals surface area contributed by atoms with Crippen LogP contribution in [0.15, 0.2) is 56.4 Å². The van der Waals surface area contributed by atoms with Crippen molar-refractivity contribution in [2.75, 3.05) is 0 Å². The average molecular weight is 426 g/mol. The Labute approximate surface area is 152 Å². The number of nitrogens with one attached hydrogen (secondary N) is 1. The molecule has 0 radical (unpaired) electrons. The van der Waals surface area contributed by atoms with E-state index in [1.165, 1.54) is 13.0 Å². The Kier molecular flexibility index (Phi) is 4.98. The van der Waals surface area contributed by atoms with E-state index in [0.29, 0.717) is 11.4 Å². The quantitative estimate of drug-likeness (QED) is 0.676. The van der Waals surface area contributed by atoms with E-state index in [4.69, 9.17) is 4.52 Å². The molecule has 0 spiro atoms. The van der Waals surface area contributed by atoms with Crippen molar-refractivity contribution in [1.82, 2.24) is 14.9 Å². The molecule has 0 amide bonds. The van der Waals surface area contributed by atoms with E-state index >= 15 is 0 Å². The maximum absolute atomic E-state index is 13.1. The highest BCUT2D eigenvalue weighted by atomic mass is 79.9. The van der Waals surface area contributed by atoms with Crippen LogP contribution >= 0.6 is 15.9 Å². The number of halogens is 2. The van der Waals surface area contributed by atoms with Crippen molar-refractivity contribution < 1.29 is 17.3 Å². The first kappa shape index (κ1) is 17.7. The molecule has 0 saturated carbocycles. The fourth-order valence-electron chi connectivity index (χ4n) is 2.22. The molecule has 6 nitrogen and oxygen atoms in total. The van der Waals surface area contributed by atoms with Gasteiger partial charge in [0.1, 0.15) is 5.82 Å². The van der Waals surface area contributed by atoms with E-state index in [9.17, 15) is 12.8 Å². The van der Waals surface area contributed by atoms with Crippen LogP contribution in [0.4, 0.5) is 4.39 Å². The number of aromatic nitrogens is 2. The van der Waals surface area contributed by atoms with Crippen LogP contribution in [0, 0.1) is 12.7 Å². The monoisotopic (exact) mass is 425 g/mol. The SMILES string of the molecule is Cc1cc(F)ccc1S(=O)(=O)NCc1nc(-c2cccc(Br)c2)no1. The van der Waals surface area contributed by atoms with Crippen LogP contribution in [0.25, 0.3) is 11.4 Å². The number of aryl methyl sites for hydroxylation is 1. The summed E-state index contributed by atoms with van der Waals surface area (Å²) in [5, 5.41) is 3.84. The molecule has 25 heavy (non-hydrogen) atoms. The third-order valence-electron chi connectivity index (χ3n) is 3.39. The maximum Gasteiger partial charge on any atom is 0.242 e. The molecule has 3 aromatic rings. The van der Waals surface area contributed by atoms with Crippen LogP contribution in [-0.2, 0) is 16.6 Å². The number of sulfonamides is 1. The van der Waals surface area contributed by atoms with Gasteiger partial charge in [0.25, 0.3) is 0 Å². The molecule has 3 rings (SSSR count). The molecule has 0 aliphatic carbocycles. The van der Waals surface area contributed by atoms with E-state index in [1.54, 1.807) is 0 Å². The molecule has 9 heteroatoms. The van der Waals surface area contributed by atoms with Gasteiger partial charge in [0, 0.05) is 10.0 Å². The normalized spacial score (nSPS) is 11.6. The summed E-state index contributed by atoms with van der Waals surface area (Å²) in [6.45, 7) is 1.36. The standard InChI is InChI=1S/C16H13BrFN3O3S/c1-10-7-13(18)5-6-14(10)25(22,23)19-9-15-20-16(21-24-15)11-3-2-4-12(17)8-11/h2-8,19H,9H2,1H3. The number of nitrogens with zero attached hydrogens (tertiary/aromatic N) is 2. The molecule has 0 atom stereocenters. The number of benzene rings is 2. The number of rotatable bonds is 5. The van der Waals surface area contributed by atoms with Gasteiger partial charge in [-0.15, -0.1) is 0 Å². The van der Waals surface area contributed by atoms with Gasteiger partial charge in [-0.25, -0.2) is 17.5 Å². The van der Waals surface area contributed by atoms with Crippen LogP contribution in [0.3, 0.4) is 0 Å². The molecule has 0 aliphatic rings. The van der Waals surface area contributed by atoms with E-state index < -0.39 is 15.8 Å². The van der Waals surface area contributed by atoms with E-state index in [2.05, 4.69) is 30.8 Å². The predicted octanol–water partition coefficient (Wildman–Crippen LogP) is 3.43. The van der Waals surface area contributed by atoms with Crippen molar-refractivity contribution in [1.29, 1.82) is 0 Å². The van der Waals surface area contributed by atoms with Crippen molar-refractivity contribution in [3.05, 3.63) is 64.2 Å². The number of hydrogen-bond acceptors (Lipinski definition) is 5. The van der Waals surface area contributed by atoms with Crippen molar-refractivity contribution in [2.45, 2.75) is 18.4 Å². The Bertz CT molecular complexity index is 1020. The summed E-state index contributed by atoms with van der Waals surface area (Å²) in [5.74, 6) is -0.0150. The average Bonchev–Trinajstić information content (AvgIpc) is 3.02. The molecular weight excluding hydrogens is 413 g/mol. The maximum atomic E-state index is 13.1. The molecule has 0 aliphatic heterocycles. The van der Waals surface area contributed by atoms with Gasteiger partial charge in [-0.1, -0.05) is 33.2 Å². The summed E-state index contributed by atoms with van der Waals surface area (Å²) in [7, 11) is -3.82. The predicted molar refractivity (Wildman–Crippen MR) is 92.6 cm³/mol. The van der Waals surface area contributed by atoms with Crippen LogP contribution in [0.1, 0.15) is 11.5 Å². The smallest absolute Gasteiger partial charge is 0.242 e. The van der Waals surface area contributed by atoms with Crippen LogP contribution in [0.5, 0.6) is 0 Å². The first-order chi connectivity index (χ1) is 11.8. The van der Waals surface area contributed by atoms with Crippen LogP contribution in [0.2, 0.25) is 0 Å². The minimum absolute atomic E-state index is 0.000582. The van der Waals surface area contributed by atoms with Gasteiger partial charge >= 0.3 is 0 Å². The van der Waals surface area contributed by atoms with E-state index in [1.807, 2.05) is 24.3 Å². The third kappa shape index (κ3) is 4.12. The lowest BCUT2D eigenvalue weighted by molar-refractivity contribution is 0.376. The van der Waals surface area contributed by atoms with Crippen molar-refractivity contribution in [3.63, 3.8) is 0 Å². The fourth-order valence-corrected chi connectivity index (χ4v) is 3.82. The largest absolute Gasteiger partial charge is 0.338 e. The summed E-state index contributed by atoms with van der Waals surface area (Å²) >= 11 is 3.36. The lowest BCUT2D eigenvalue weighted by Gasteiger charge is -2.07.